The Hall–Kier alpha value is -1.06. The summed E-state index contributed by atoms with van der Waals surface area (Å²) >= 11 is 0. The number of hydrogen-bond acceptors (Lipinski definition) is 2. The van der Waals surface area contributed by atoms with E-state index >= 15 is 0 Å². The molecule has 3 rings (SSSR count). The van der Waals surface area contributed by atoms with Crippen molar-refractivity contribution in [3.63, 3.8) is 0 Å². The first kappa shape index (κ1) is 9.19. The fraction of sp³-hybridized carbons (Fsp3) is 0.818. The number of hydrogen-bond donors (Lipinski definition) is 2. The van der Waals surface area contributed by atoms with E-state index in [0.29, 0.717) is 11.8 Å². The summed E-state index contributed by atoms with van der Waals surface area (Å²) in [7, 11) is 0. The molecule has 4 heteroatoms. The third-order valence-electron chi connectivity index (χ3n) is 5.00. The molecule has 4 nitrogen and oxygen atoms in total. The summed E-state index contributed by atoms with van der Waals surface area (Å²) in [5.41, 5.74) is 11.1. The van der Waals surface area contributed by atoms with Gasteiger partial charge in [-0.15, -0.1) is 0 Å². The number of carbonyl (C=O) groups excluding carboxylic acids is 2. The van der Waals surface area contributed by atoms with Gasteiger partial charge in [0.15, 0.2) is 0 Å². The molecule has 3 saturated carbocycles. The Morgan fingerprint density at radius 2 is 1.33 bits per heavy atom. The zero-order valence-electron chi connectivity index (χ0n) is 8.61. The molecule has 15 heavy (non-hydrogen) atoms. The molecule has 0 aromatic rings. The van der Waals surface area contributed by atoms with Crippen molar-refractivity contribution in [3.8, 4) is 0 Å². The van der Waals surface area contributed by atoms with E-state index in [-0.39, 0.29) is 29.1 Å². The quantitative estimate of drug-likeness (QED) is 0.669. The van der Waals surface area contributed by atoms with Crippen molar-refractivity contribution >= 4 is 11.8 Å². The standard InChI is InChI=1S/C11H16N2O2/c12-9(14)7-5-1-2-6(8(7)10(13)15)11(5)3-4-11/h5-8H,1-4H2,(H2,12,14)(H2,13,15)/t5-,6+,7?,8?. The van der Waals surface area contributed by atoms with Crippen molar-refractivity contribution in [2.24, 2.45) is 40.6 Å². The van der Waals surface area contributed by atoms with E-state index in [4.69, 9.17) is 11.5 Å². The molecule has 4 atom stereocenters. The van der Waals surface area contributed by atoms with Crippen LogP contribution >= 0.6 is 0 Å². The molecule has 82 valence electrons. The van der Waals surface area contributed by atoms with Crippen LogP contribution in [0.3, 0.4) is 0 Å². The van der Waals surface area contributed by atoms with Crippen LogP contribution in [0.5, 0.6) is 0 Å². The predicted molar refractivity (Wildman–Crippen MR) is 53.2 cm³/mol. The van der Waals surface area contributed by atoms with Crippen molar-refractivity contribution in [2.45, 2.75) is 25.7 Å². The maximum absolute atomic E-state index is 11.4. The Balaban J connectivity index is 2.01. The molecule has 0 radical (unpaired) electrons. The maximum atomic E-state index is 11.4. The normalized spacial score (nSPS) is 44.5. The van der Waals surface area contributed by atoms with Crippen molar-refractivity contribution < 1.29 is 9.59 Å². The van der Waals surface area contributed by atoms with E-state index in [1.165, 1.54) is 0 Å². The number of carbonyl (C=O) groups is 2. The maximum Gasteiger partial charge on any atom is 0.221 e. The average molecular weight is 208 g/mol. The summed E-state index contributed by atoms with van der Waals surface area (Å²) in [5, 5.41) is 0. The SMILES string of the molecule is NC(=O)C1C(C(N)=O)[C@@H]2CC[C@H]1C21CC1. The Morgan fingerprint density at radius 1 is 0.933 bits per heavy atom. The van der Waals surface area contributed by atoms with Crippen molar-refractivity contribution in [2.75, 3.05) is 0 Å². The van der Waals surface area contributed by atoms with Gasteiger partial charge in [0.05, 0.1) is 11.8 Å². The average Bonchev–Trinajstić information content (AvgIpc) is 2.81. The molecule has 3 aliphatic carbocycles. The highest BCUT2D eigenvalue weighted by molar-refractivity contribution is 5.88. The molecule has 4 N–H and O–H groups in total. The first-order chi connectivity index (χ1) is 7.08. The minimum absolute atomic E-state index is 0.274. The molecule has 3 fully saturated rings. The zero-order chi connectivity index (χ0) is 10.8. The van der Waals surface area contributed by atoms with E-state index in [1.54, 1.807) is 0 Å². The Morgan fingerprint density at radius 3 is 1.60 bits per heavy atom. The fourth-order valence-corrected chi connectivity index (χ4v) is 4.42. The van der Waals surface area contributed by atoms with E-state index < -0.39 is 0 Å². The zero-order valence-corrected chi connectivity index (χ0v) is 8.61. The summed E-state index contributed by atoms with van der Waals surface area (Å²) in [6.07, 6.45) is 4.44. The second-order valence-electron chi connectivity index (χ2n) is 5.38. The second-order valence-corrected chi connectivity index (χ2v) is 5.38. The Kier molecular flexibility index (Phi) is 1.56. The molecule has 1 spiro atoms. The molecule has 2 unspecified atom stereocenters. The van der Waals surface area contributed by atoms with Crippen LogP contribution in [-0.4, -0.2) is 11.8 Å². The molecule has 2 amide bonds. The molecular weight excluding hydrogens is 192 g/mol. The lowest BCUT2D eigenvalue weighted by atomic mass is 9.78. The van der Waals surface area contributed by atoms with Gasteiger partial charge in [-0.05, 0) is 42.9 Å². The Bertz CT molecular complexity index is 318. The van der Waals surface area contributed by atoms with Crippen LogP contribution in [0.1, 0.15) is 25.7 Å². The fourth-order valence-electron chi connectivity index (χ4n) is 4.42. The van der Waals surface area contributed by atoms with Gasteiger partial charge < -0.3 is 11.5 Å². The second kappa shape index (κ2) is 2.54. The lowest BCUT2D eigenvalue weighted by Gasteiger charge is -2.25. The first-order valence-corrected chi connectivity index (χ1v) is 5.66. The van der Waals surface area contributed by atoms with Crippen LogP contribution < -0.4 is 11.5 Å². The van der Waals surface area contributed by atoms with Gasteiger partial charge in [-0.3, -0.25) is 9.59 Å². The van der Waals surface area contributed by atoms with Crippen LogP contribution in [0, 0.1) is 29.1 Å². The van der Waals surface area contributed by atoms with Gasteiger partial charge in [0.1, 0.15) is 0 Å². The highest BCUT2D eigenvalue weighted by Crippen LogP contribution is 2.74. The summed E-state index contributed by atoms with van der Waals surface area (Å²) < 4.78 is 0. The van der Waals surface area contributed by atoms with Gasteiger partial charge in [-0.25, -0.2) is 0 Å². The smallest absolute Gasteiger partial charge is 0.221 e. The lowest BCUT2D eigenvalue weighted by molar-refractivity contribution is -0.133. The van der Waals surface area contributed by atoms with E-state index in [1.807, 2.05) is 0 Å². The predicted octanol–water partition coefficient (Wildman–Crippen LogP) is 0.00940. The van der Waals surface area contributed by atoms with Crippen molar-refractivity contribution in [3.05, 3.63) is 0 Å². The topological polar surface area (TPSA) is 86.2 Å². The van der Waals surface area contributed by atoms with Crippen LogP contribution in [-0.2, 0) is 9.59 Å². The van der Waals surface area contributed by atoms with E-state index in [0.717, 1.165) is 25.7 Å². The summed E-state index contributed by atoms with van der Waals surface area (Å²) in [5.74, 6) is -0.503. The molecule has 0 aromatic carbocycles. The third-order valence-corrected chi connectivity index (χ3v) is 5.00. The number of amides is 2. The number of rotatable bonds is 2. The van der Waals surface area contributed by atoms with Crippen LogP contribution in [0.25, 0.3) is 0 Å². The lowest BCUT2D eigenvalue weighted by Crippen LogP contribution is -2.41. The molecular formula is C11H16N2O2. The summed E-state index contributed by atoms with van der Waals surface area (Å²) in [6.45, 7) is 0. The molecule has 0 aromatic heterocycles. The van der Waals surface area contributed by atoms with Crippen LogP contribution in [0.15, 0.2) is 0 Å². The van der Waals surface area contributed by atoms with Gasteiger partial charge in [0.2, 0.25) is 11.8 Å². The third kappa shape index (κ3) is 0.924. The minimum Gasteiger partial charge on any atom is -0.369 e. The van der Waals surface area contributed by atoms with Gasteiger partial charge in [0.25, 0.3) is 0 Å². The van der Waals surface area contributed by atoms with Crippen LogP contribution in [0.2, 0.25) is 0 Å². The van der Waals surface area contributed by atoms with Crippen molar-refractivity contribution in [1.82, 2.24) is 0 Å². The van der Waals surface area contributed by atoms with E-state index in [9.17, 15) is 9.59 Å². The summed E-state index contributed by atoms with van der Waals surface area (Å²) in [6, 6.07) is 0. The van der Waals surface area contributed by atoms with Gasteiger partial charge in [-0.1, -0.05) is 0 Å². The highest BCUT2D eigenvalue weighted by atomic mass is 16.2. The molecule has 0 saturated heterocycles. The first-order valence-electron chi connectivity index (χ1n) is 5.66. The Labute approximate surface area is 88.4 Å². The van der Waals surface area contributed by atoms with Crippen molar-refractivity contribution in [1.29, 1.82) is 0 Å². The highest BCUT2D eigenvalue weighted by Gasteiger charge is 2.71. The van der Waals surface area contributed by atoms with Gasteiger partial charge >= 0.3 is 0 Å². The summed E-state index contributed by atoms with van der Waals surface area (Å²) in [4.78, 5) is 22.9. The minimum atomic E-state index is -0.322. The number of primary amides is 2. The van der Waals surface area contributed by atoms with Crippen LogP contribution in [0.4, 0.5) is 0 Å². The largest absolute Gasteiger partial charge is 0.369 e. The van der Waals surface area contributed by atoms with Gasteiger partial charge in [-0.2, -0.15) is 0 Å². The number of nitrogens with two attached hydrogens (primary N) is 2. The molecule has 0 heterocycles. The molecule has 3 aliphatic rings. The molecule has 2 bridgehead atoms. The van der Waals surface area contributed by atoms with Gasteiger partial charge in [0, 0.05) is 0 Å². The molecule has 0 aliphatic heterocycles. The monoisotopic (exact) mass is 208 g/mol. The van der Waals surface area contributed by atoms with E-state index in [2.05, 4.69) is 0 Å².